The summed E-state index contributed by atoms with van der Waals surface area (Å²) in [6.45, 7) is 12.2. The first-order valence-electron chi connectivity index (χ1n) is 6.08. The van der Waals surface area contributed by atoms with Crippen molar-refractivity contribution in [1.82, 2.24) is 4.90 Å². The molecule has 0 amide bonds. The highest BCUT2D eigenvalue weighted by Crippen LogP contribution is 2.09. The highest BCUT2D eigenvalue weighted by atomic mass is 17.2. The Morgan fingerprint density at radius 2 is 1.22 bits per heavy atom. The summed E-state index contributed by atoms with van der Waals surface area (Å²) in [5.41, 5.74) is -0.735. The molecule has 0 rings (SSSR count). The molecule has 0 fully saturated rings. The Kier molecular flexibility index (Phi) is 7.93. The second kappa shape index (κ2) is 8.04. The van der Waals surface area contributed by atoms with E-state index in [-0.39, 0.29) is 31.3 Å². The predicted molar refractivity (Wildman–Crippen MR) is 67.4 cm³/mol. The van der Waals surface area contributed by atoms with E-state index in [1.807, 2.05) is 41.5 Å². The molecule has 0 unspecified atom stereocenters. The Bertz CT molecular complexity index is 189. The lowest BCUT2D eigenvalue weighted by Crippen LogP contribution is -2.34. The van der Waals surface area contributed by atoms with Gasteiger partial charge >= 0.3 is 0 Å². The quantitative estimate of drug-likeness (QED) is 0.409. The first-order valence-corrected chi connectivity index (χ1v) is 6.08. The van der Waals surface area contributed by atoms with E-state index < -0.39 is 0 Å². The van der Waals surface area contributed by atoms with E-state index in [0.29, 0.717) is 6.54 Å². The van der Waals surface area contributed by atoms with Gasteiger partial charge < -0.3 is 5.11 Å². The number of aliphatic hydroxyl groups is 1. The van der Waals surface area contributed by atoms with Crippen LogP contribution in [0.15, 0.2) is 0 Å². The van der Waals surface area contributed by atoms with E-state index in [2.05, 4.69) is 0 Å². The van der Waals surface area contributed by atoms with Gasteiger partial charge in [0.2, 0.25) is 0 Å². The maximum Gasteiger partial charge on any atom is 0.137 e. The van der Waals surface area contributed by atoms with Crippen LogP contribution in [0.4, 0.5) is 0 Å². The summed E-state index contributed by atoms with van der Waals surface area (Å²) in [7, 11) is 0. The number of rotatable bonds is 8. The minimum absolute atomic E-state index is 0.0117. The van der Waals surface area contributed by atoms with Gasteiger partial charge in [-0.15, -0.1) is 0 Å². The van der Waals surface area contributed by atoms with Crippen molar-refractivity contribution in [1.29, 1.82) is 0 Å². The fourth-order valence-corrected chi connectivity index (χ4v) is 0.863. The monoisotopic (exact) mass is 265 g/mol. The highest BCUT2D eigenvalue weighted by molar-refractivity contribution is 4.55. The molecular formula is C12H27NO5. The molecule has 0 aliphatic rings. The molecular weight excluding hydrogens is 238 g/mol. The van der Waals surface area contributed by atoms with Crippen molar-refractivity contribution in [3.05, 3.63) is 0 Å². The smallest absolute Gasteiger partial charge is 0.137 e. The summed E-state index contributed by atoms with van der Waals surface area (Å²) >= 11 is 0. The summed E-state index contributed by atoms with van der Waals surface area (Å²) in [5.74, 6) is 0. The fraction of sp³-hybridized carbons (Fsp3) is 1.00. The van der Waals surface area contributed by atoms with E-state index in [9.17, 15) is 0 Å². The van der Waals surface area contributed by atoms with E-state index in [1.165, 1.54) is 0 Å². The molecule has 1 N–H and O–H groups in total. The van der Waals surface area contributed by atoms with Crippen molar-refractivity contribution in [2.75, 3.05) is 26.6 Å². The van der Waals surface area contributed by atoms with Crippen LogP contribution in [-0.4, -0.2) is 47.8 Å². The lowest BCUT2D eigenvalue weighted by Gasteiger charge is -2.25. The van der Waals surface area contributed by atoms with Gasteiger partial charge in [0.25, 0.3) is 0 Å². The van der Waals surface area contributed by atoms with Crippen molar-refractivity contribution < 1.29 is 24.7 Å². The van der Waals surface area contributed by atoms with Crippen LogP contribution in [-0.2, 0) is 19.6 Å². The third-order valence-corrected chi connectivity index (χ3v) is 1.50. The minimum Gasteiger partial charge on any atom is -0.395 e. The molecule has 0 aliphatic carbocycles. The SMILES string of the molecule is CC(C)(C)OOCN(CCO)COOC(C)(C)C. The first kappa shape index (κ1) is 17.8. The van der Waals surface area contributed by atoms with Gasteiger partial charge in [0, 0.05) is 6.54 Å². The lowest BCUT2D eigenvalue weighted by atomic mass is 10.2. The maximum atomic E-state index is 8.92. The second-order valence-corrected chi connectivity index (χ2v) is 6.00. The predicted octanol–water partition coefficient (Wildman–Crippen LogP) is 1.69. The topological polar surface area (TPSA) is 60.4 Å². The zero-order chi connectivity index (χ0) is 14.2. The van der Waals surface area contributed by atoms with Gasteiger partial charge in [-0.2, -0.15) is 0 Å². The van der Waals surface area contributed by atoms with E-state index in [4.69, 9.17) is 24.7 Å². The van der Waals surface area contributed by atoms with E-state index >= 15 is 0 Å². The van der Waals surface area contributed by atoms with Gasteiger partial charge in [-0.3, -0.25) is 0 Å². The molecule has 0 aromatic carbocycles. The zero-order valence-corrected chi connectivity index (χ0v) is 12.4. The van der Waals surface area contributed by atoms with Gasteiger partial charge in [0.15, 0.2) is 0 Å². The molecule has 0 atom stereocenters. The van der Waals surface area contributed by atoms with Gasteiger partial charge in [0.05, 0.1) is 17.8 Å². The Labute approximate surface area is 110 Å². The molecule has 0 saturated carbocycles. The van der Waals surface area contributed by atoms with Gasteiger partial charge in [-0.25, -0.2) is 24.5 Å². The van der Waals surface area contributed by atoms with Crippen LogP contribution in [0, 0.1) is 0 Å². The molecule has 0 radical (unpaired) electrons. The minimum atomic E-state index is -0.367. The Balaban J connectivity index is 3.85. The van der Waals surface area contributed by atoms with Crippen LogP contribution in [0.3, 0.4) is 0 Å². The Morgan fingerprint density at radius 3 is 1.50 bits per heavy atom. The average Bonchev–Trinajstić information content (AvgIpc) is 2.13. The first-order chi connectivity index (χ1) is 8.14. The average molecular weight is 265 g/mol. The molecule has 0 saturated heterocycles. The van der Waals surface area contributed by atoms with Crippen molar-refractivity contribution in [3.8, 4) is 0 Å². The molecule has 18 heavy (non-hydrogen) atoms. The van der Waals surface area contributed by atoms with Crippen LogP contribution < -0.4 is 0 Å². The standard InChI is InChI=1S/C12H27NO5/c1-11(2,3)17-15-9-13(7-8-14)10-16-18-12(4,5)6/h14H,7-10H2,1-6H3. The normalized spacial score (nSPS) is 13.3. The Hall–Kier alpha value is -0.240. The van der Waals surface area contributed by atoms with Crippen molar-refractivity contribution in [2.24, 2.45) is 0 Å². The molecule has 6 heteroatoms. The van der Waals surface area contributed by atoms with Crippen LogP contribution in [0.5, 0.6) is 0 Å². The molecule has 0 bridgehead atoms. The number of hydrogen-bond donors (Lipinski definition) is 1. The maximum absolute atomic E-state index is 8.92. The number of aliphatic hydroxyl groups excluding tert-OH is 1. The summed E-state index contributed by atoms with van der Waals surface area (Å²) in [6.07, 6.45) is 0. The summed E-state index contributed by atoms with van der Waals surface area (Å²) < 4.78 is 0. The highest BCUT2D eigenvalue weighted by Gasteiger charge is 2.15. The number of nitrogens with zero attached hydrogens (tertiary/aromatic N) is 1. The van der Waals surface area contributed by atoms with Gasteiger partial charge in [-0.1, -0.05) is 0 Å². The van der Waals surface area contributed by atoms with Gasteiger partial charge in [-0.05, 0) is 41.5 Å². The molecule has 0 aromatic rings. The molecule has 0 aromatic heterocycles. The van der Waals surface area contributed by atoms with Crippen LogP contribution in [0.2, 0.25) is 0 Å². The Morgan fingerprint density at radius 1 is 0.833 bits per heavy atom. The zero-order valence-electron chi connectivity index (χ0n) is 12.4. The summed E-state index contributed by atoms with van der Waals surface area (Å²) in [6, 6.07) is 0. The largest absolute Gasteiger partial charge is 0.395 e. The molecule has 0 aliphatic heterocycles. The second-order valence-electron chi connectivity index (χ2n) is 6.00. The fourth-order valence-electron chi connectivity index (χ4n) is 0.863. The lowest BCUT2D eigenvalue weighted by molar-refractivity contribution is -0.394. The molecule has 110 valence electrons. The molecule has 6 nitrogen and oxygen atoms in total. The van der Waals surface area contributed by atoms with Crippen molar-refractivity contribution in [2.45, 2.75) is 52.7 Å². The summed E-state index contributed by atoms with van der Waals surface area (Å²) in [5, 5.41) is 8.92. The van der Waals surface area contributed by atoms with Crippen molar-refractivity contribution in [3.63, 3.8) is 0 Å². The van der Waals surface area contributed by atoms with Crippen LogP contribution in [0.1, 0.15) is 41.5 Å². The van der Waals surface area contributed by atoms with Crippen molar-refractivity contribution >= 4 is 0 Å². The molecule has 0 spiro atoms. The third-order valence-electron chi connectivity index (χ3n) is 1.50. The van der Waals surface area contributed by atoms with Crippen LogP contribution in [0.25, 0.3) is 0 Å². The summed E-state index contributed by atoms with van der Waals surface area (Å²) in [4.78, 5) is 22.1. The van der Waals surface area contributed by atoms with E-state index in [0.717, 1.165) is 0 Å². The molecule has 0 heterocycles. The number of hydrogen-bond acceptors (Lipinski definition) is 6. The van der Waals surface area contributed by atoms with E-state index in [1.54, 1.807) is 4.90 Å². The third kappa shape index (κ3) is 12.2. The van der Waals surface area contributed by atoms with Gasteiger partial charge in [0.1, 0.15) is 13.5 Å². The van der Waals surface area contributed by atoms with Crippen LogP contribution >= 0.6 is 0 Å².